The van der Waals surface area contributed by atoms with E-state index < -0.39 is 10.0 Å². The predicted molar refractivity (Wildman–Crippen MR) is 83.1 cm³/mol. The molecule has 0 radical (unpaired) electrons. The Kier molecular flexibility index (Phi) is 4.31. The summed E-state index contributed by atoms with van der Waals surface area (Å²) < 4.78 is 27.0. The van der Waals surface area contributed by atoms with Crippen LogP contribution >= 0.6 is 0 Å². The fourth-order valence-corrected chi connectivity index (χ4v) is 5.02. The van der Waals surface area contributed by atoms with Crippen molar-refractivity contribution in [2.45, 2.75) is 31.2 Å². The second-order valence-corrected chi connectivity index (χ2v) is 7.89. The summed E-state index contributed by atoms with van der Waals surface area (Å²) in [6.07, 6.45) is 2.31. The third-order valence-electron chi connectivity index (χ3n) is 4.62. The molecule has 2 fully saturated rings. The van der Waals surface area contributed by atoms with Gasteiger partial charge in [-0.15, -0.1) is 0 Å². The van der Waals surface area contributed by atoms with Gasteiger partial charge in [-0.25, -0.2) is 8.42 Å². The van der Waals surface area contributed by atoms with Gasteiger partial charge in [-0.2, -0.15) is 4.31 Å². The lowest BCUT2D eigenvalue weighted by Crippen LogP contribution is -2.52. The van der Waals surface area contributed by atoms with Gasteiger partial charge < -0.3 is 5.73 Å². The van der Waals surface area contributed by atoms with Crippen molar-refractivity contribution < 1.29 is 8.42 Å². The summed E-state index contributed by atoms with van der Waals surface area (Å²) in [5, 5.41) is 0. The lowest BCUT2D eigenvalue weighted by Gasteiger charge is -2.36. The van der Waals surface area contributed by atoms with Crippen molar-refractivity contribution in [3.8, 4) is 0 Å². The van der Waals surface area contributed by atoms with Gasteiger partial charge in [0.05, 0.1) is 5.75 Å². The summed E-state index contributed by atoms with van der Waals surface area (Å²) in [5.74, 6) is 0.0626. The van der Waals surface area contributed by atoms with Crippen LogP contribution in [-0.2, 0) is 22.3 Å². The number of piperazine rings is 1. The first-order valence-electron chi connectivity index (χ1n) is 7.59. The largest absolute Gasteiger partial charge is 0.326 e. The molecule has 0 spiro atoms. The van der Waals surface area contributed by atoms with E-state index in [-0.39, 0.29) is 5.75 Å². The molecule has 0 aliphatic carbocycles. The number of sulfonamides is 1. The summed E-state index contributed by atoms with van der Waals surface area (Å²) in [6.45, 7) is 3.62. The van der Waals surface area contributed by atoms with Crippen LogP contribution in [0.1, 0.15) is 24.0 Å². The molecule has 5 nitrogen and oxygen atoms in total. The van der Waals surface area contributed by atoms with E-state index in [2.05, 4.69) is 4.90 Å². The number of hydrogen-bond donors (Lipinski definition) is 1. The molecule has 1 atom stereocenters. The molecule has 1 aromatic carbocycles. The van der Waals surface area contributed by atoms with E-state index in [0.29, 0.717) is 25.7 Å². The molecule has 2 N–H and O–H groups in total. The van der Waals surface area contributed by atoms with E-state index in [1.807, 2.05) is 24.3 Å². The summed E-state index contributed by atoms with van der Waals surface area (Å²) in [7, 11) is -3.26. The van der Waals surface area contributed by atoms with Crippen LogP contribution < -0.4 is 5.73 Å². The van der Waals surface area contributed by atoms with Crippen LogP contribution in [0.15, 0.2) is 24.3 Å². The zero-order valence-electron chi connectivity index (χ0n) is 12.2. The fraction of sp³-hybridized carbons (Fsp3) is 0.600. The minimum Gasteiger partial charge on any atom is -0.326 e. The number of fused-ring (bicyclic) bond motifs is 1. The van der Waals surface area contributed by atoms with Crippen molar-refractivity contribution in [1.29, 1.82) is 0 Å². The number of nitrogens with two attached hydrogens (primary N) is 1. The molecule has 3 rings (SSSR count). The van der Waals surface area contributed by atoms with Gasteiger partial charge in [-0.05, 0) is 30.5 Å². The Labute approximate surface area is 126 Å². The maximum Gasteiger partial charge on any atom is 0.218 e. The molecule has 2 saturated heterocycles. The number of benzene rings is 1. The molecule has 2 aliphatic rings. The van der Waals surface area contributed by atoms with Crippen molar-refractivity contribution in [3.05, 3.63) is 35.4 Å². The second kappa shape index (κ2) is 6.04. The summed E-state index contributed by atoms with van der Waals surface area (Å²) in [6, 6.07) is 7.96. The molecule has 1 unspecified atom stereocenters. The first-order chi connectivity index (χ1) is 10.1. The van der Waals surface area contributed by atoms with E-state index in [1.165, 1.54) is 6.42 Å². The Balaban J connectivity index is 1.74. The monoisotopic (exact) mass is 309 g/mol. The number of hydrogen-bond acceptors (Lipinski definition) is 4. The van der Waals surface area contributed by atoms with E-state index in [9.17, 15) is 8.42 Å². The predicted octanol–water partition coefficient (Wildman–Crippen LogP) is 0.755. The Bertz CT molecular complexity index is 603. The van der Waals surface area contributed by atoms with Gasteiger partial charge in [0, 0.05) is 32.2 Å². The highest BCUT2D eigenvalue weighted by atomic mass is 32.2. The average molecular weight is 309 g/mol. The fourth-order valence-electron chi connectivity index (χ4n) is 3.40. The van der Waals surface area contributed by atoms with Crippen molar-refractivity contribution in [3.63, 3.8) is 0 Å². The van der Waals surface area contributed by atoms with Crippen molar-refractivity contribution in [2.24, 2.45) is 5.73 Å². The quantitative estimate of drug-likeness (QED) is 0.891. The van der Waals surface area contributed by atoms with Crippen molar-refractivity contribution >= 4 is 10.0 Å². The van der Waals surface area contributed by atoms with E-state index in [1.54, 1.807) is 4.31 Å². The van der Waals surface area contributed by atoms with Gasteiger partial charge in [0.15, 0.2) is 0 Å². The van der Waals surface area contributed by atoms with E-state index in [0.717, 1.165) is 30.6 Å². The van der Waals surface area contributed by atoms with Gasteiger partial charge in [-0.1, -0.05) is 24.3 Å². The molecular formula is C15H23N3O2S. The van der Waals surface area contributed by atoms with Crippen LogP contribution in [0, 0.1) is 0 Å². The minimum absolute atomic E-state index is 0.0626. The molecular weight excluding hydrogens is 286 g/mol. The number of nitrogens with zero attached hydrogens (tertiary/aromatic N) is 2. The molecule has 1 aromatic rings. The smallest absolute Gasteiger partial charge is 0.218 e. The third-order valence-corrected chi connectivity index (χ3v) is 6.41. The molecule has 2 heterocycles. The first-order valence-corrected chi connectivity index (χ1v) is 9.20. The summed E-state index contributed by atoms with van der Waals surface area (Å²) in [4.78, 5) is 2.42. The lowest BCUT2D eigenvalue weighted by atomic mass is 10.1. The van der Waals surface area contributed by atoms with Crippen LogP contribution in [0.4, 0.5) is 0 Å². The summed E-state index contributed by atoms with van der Waals surface area (Å²) in [5.41, 5.74) is 7.45. The van der Waals surface area contributed by atoms with Gasteiger partial charge in [-0.3, -0.25) is 4.90 Å². The molecule has 21 heavy (non-hydrogen) atoms. The van der Waals surface area contributed by atoms with Crippen molar-refractivity contribution in [1.82, 2.24) is 9.21 Å². The highest BCUT2D eigenvalue weighted by Crippen LogP contribution is 2.24. The van der Waals surface area contributed by atoms with Crippen LogP contribution in [0.3, 0.4) is 0 Å². The Morgan fingerprint density at radius 2 is 1.90 bits per heavy atom. The molecule has 6 heteroatoms. The van der Waals surface area contributed by atoms with E-state index >= 15 is 0 Å². The highest BCUT2D eigenvalue weighted by Gasteiger charge is 2.35. The molecule has 116 valence electrons. The SMILES string of the molecule is NCc1ccccc1CS(=O)(=O)N1CCN2CCCC2C1. The Hall–Kier alpha value is -0.950. The second-order valence-electron chi connectivity index (χ2n) is 5.92. The molecule has 0 aromatic heterocycles. The van der Waals surface area contributed by atoms with Gasteiger partial charge in [0.2, 0.25) is 10.0 Å². The Morgan fingerprint density at radius 1 is 1.14 bits per heavy atom. The number of rotatable bonds is 4. The van der Waals surface area contributed by atoms with Gasteiger partial charge >= 0.3 is 0 Å². The zero-order valence-corrected chi connectivity index (χ0v) is 13.1. The molecule has 0 amide bonds. The van der Waals surface area contributed by atoms with E-state index in [4.69, 9.17) is 5.73 Å². The van der Waals surface area contributed by atoms with Gasteiger partial charge in [0.1, 0.15) is 0 Å². The zero-order chi connectivity index (χ0) is 14.9. The normalized spacial score (nSPS) is 24.1. The van der Waals surface area contributed by atoms with Crippen LogP contribution in [0.2, 0.25) is 0 Å². The topological polar surface area (TPSA) is 66.6 Å². The standard InChI is InChI=1S/C15H23N3O2S/c16-10-13-4-1-2-5-14(13)12-21(19,20)18-9-8-17-7-3-6-15(17)11-18/h1-2,4-5,15H,3,6-12,16H2. The van der Waals surface area contributed by atoms with Crippen LogP contribution in [0.25, 0.3) is 0 Å². The Morgan fingerprint density at radius 3 is 2.67 bits per heavy atom. The molecule has 0 saturated carbocycles. The third kappa shape index (κ3) is 3.13. The van der Waals surface area contributed by atoms with Crippen molar-refractivity contribution in [2.75, 3.05) is 26.2 Å². The maximum atomic E-state index is 12.7. The minimum atomic E-state index is -3.26. The molecule has 0 bridgehead atoms. The van der Waals surface area contributed by atoms with Crippen LogP contribution in [-0.4, -0.2) is 49.8 Å². The van der Waals surface area contributed by atoms with Crippen LogP contribution in [0.5, 0.6) is 0 Å². The lowest BCUT2D eigenvalue weighted by molar-refractivity contribution is 0.158. The summed E-state index contributed by atoms with van der Waals surface area (Å²) >= 11 is 0. The molecule has 2 aliphatic heterocycles. The first kappa shape index (κ1) is 15.0. The van der Waals surface area contributed by atoms with Gasteiger partial charge in [0.25, 0.3) is 0 Å². The maximum absolute atomic E-state index is 12.7. The highest BCUT2D eigenvalue weighted by molar-refractivity contribution is 7.88. The average Bonchev–Trinajstić information content (AvgIpc) is 2.95.